The predicted octanol–water partition coefficient (Wildman–Crippen LogP) is 1.79. The van der Waals surface area contributed by atoms with Crippen molar-refractivity contribution in [2.45, 2.75) is 26.4 Å². The maximum atomic E-state index is 5.85. The summed E-state index contributed by atoms with van der Waals surface area (Å²) in [6.45, 7) is 7.06. The Labute approximate surface area is 90.2 Å². The normalized spacial score (nSPS) is 24.0. The highest BCUT2D eigenvalue weighted by Gasteiger charge is 2.31. The second-order valence-electron chi connectivity index (χ2n) is 4.43. The van der Waals surface area contributed by atoms with Crippen molar-refractivity contribution < 1.29 is 9.47 Å². The van der Waals surface area contributed by atoms with Crippen LogP contribution in [0.15, 0.2) is 12.1 Å². The van der Waals surface area contributed by atoms with Gasteiger partial charge in [-0.1, -0.05) is 0 Å². The van der Waals surface area contributed by atoms with Crippen molar-refractivity contribution in [2.75, 3.05) is 13.2 Å². The molecule has 0 radical (unpaired) electrons. The van der Waals surface area contributed by atoms with Crippen molar-refractivity contribution >= 4 is 0 Å². The lowest BCUT2D eigenvalue weighted by Crippen LogP contribution is -2.48. The van der Waals surface area contributed by atoms with Crippen LogP contribution in [0.5, 0.6) is 11.5 Å². The molecule has 1 atom stereocenters. The zero-order valence-corrected chi connectivity index (χ0v) is 9.46. The summed E-state index contributed by atoms with van der Waals surface area (Å²) in [5.41, 5.74) is 7.69. The third-order valence-electron chi connectivity index (χ3n) is 2.88. The maximum absolute atomic E-state index is 5.85. The smallest absolute Gasteiger partial charge is 0.162 e. The number of hydrogen-bond donors (Lipinski definition) is 1. The molecular weight excluding hydrogens is 190 g/mol. The topological polar surface area (TPSA) is 44.5 Å². The molecule has 0 aromatic heterocycles. The Bertz CT molecular complexity index is 389. The van der Waals surface area contributed by atoms with Gasteiger partial charge in [-0.3, -0.25) is 0 Å². The van der Waals surface area contributed by atoms with E-state index >= 15 is 0 Å². The third kappa shape index (κ3) is 1.79. The number of fused-ring (bicyclic) bond motifs is 1. The summed E-state index contributed by atoms with van der Waals surface area (Å²) >= 11 is 0. The van der Waals surface area contributed by atoms with E-state index in [9.17, 15) is 0 Å². The first-order valence-corrected chi connectivity index (χ1v) is 5.17. The molecule has 1 aromatic rings. The fourth-order valence-electron chi connectivity index (χ4n) is 1.58. The fraction of sp³-hybridized carbons (Fsp3) is 0.500. The summed E-state index contributed by atoms with van der Waals surface area (Å²) in [7, 11) is 0. The summed E-state index contributed by atoms with van der Waals surface area (Å²) in [6, 6.07) is 4.03. The van der Waals surface area contributed by atoms with Crippen molar-refractivity contribution in [1.29, 1.82) is 0 Å². The highest BCUT2D eigenvalue weighted by atomic mass is 16.6. The fourth-order valence-corrected chi connectivity index (χ4v) is 1.58. The summed E-state index contributed by atoms with van der Waals surface area (Å²) in [5.74, 6) is 1.63. The minimum atomic E-state index is -0.394. The minimum absolute atomic E-state index is 0.394. The molecule has 0 saturated carbocycles. The van der Waals surface area contributed by atoms with Crippen LogP contribution in [0.3, 0.4) is 0 Å². The van der Waals surface area contributed by atoms with Gasteiger partial charge in [-0.2, -0.15) is 0 Å². The van der Waals surface area contributed by atoms with Crippen LogP contribution >= 0.6 is 0 Å². The molecule has 1 aliphatic heterocycles. The van der Waals surface area contributed by atoms with E-state index in [1.165, 1.54) is 11.1 Å². The van der Waals surface area contributed by atoms with E-state index in [1.807, 2.05) is 19.1 Å². The molecule has 2 N–H and O–H groups in total. The van der Waals surface area contributed by atoms with Gasteiger partial charge in [0.1, 0.15) is 6.61 Å². The van der Waals surface area contributed by atoms with E-state index < -0.39 is 5.60 Å². The lowest BCUT2D eigenvalue weighted by Gasteiger charge is -2.34. The molecule has 3 nitrogen and oxygen atoms in total. The van der Waals surface area contributed by atoms with Crippen molar-refractivity contribution in [1.82, 2.24) is 0 Å². The Kier molecular flexibility index (Phi) is 2.35. The lowest BCUT2D eigenvalue weighted by molar-refractivity contribution is 0.0133. The van der Waals surface area contributed by atoms with Gasteiger partial charge in [0.2, 0.25) is 0 Å². The van der Waals surface area contributed by atoms with E-state index in [0.717, 1.165) is 11.5 Å². The van der Waals surface area contributed by atoms with Crippen molar-refractivity contribution in [3.63, 3.8) is 0 Å². The largest absolute Gasteiger partial charge is 0.485 e. The molecule has 0 fully saturated rings. The zero-order valence-electron chi connectivity index (χ0n) is 9.46. The molecule has 15 heavy (non-hydrogen) atoms. The number of aryl methyl sites for hydroxylation is 2. The first-order valence-electron chi connectivity index (χ1n) is 5.17. The maximum Gasteiger partial charge on any atom is 0.162 e. The molecule has 82 valence electrons. The van der Waals surface area contributed by atoms with E-state index in [1.54, 1.807) is 0 Å². The van der Waals surface area contributed by atoms with E-state index in [4.69, 9.17) is 15.2 Å². The van der Waals surface area contributed by atoms with E-state index in [2.05, 4.69) is 13.8 Å². The summed E-state index contributed by atoms with van der Waals surface area (Å²) in [6.07, 6.45) is 0. The van der Waals surface area contributed by atoms with Crippen LogP contribution in [-0.4, -0.2) is 18.8 Å². The molecule has 0 saturated heterocycles. The van der Waals surface area contributed by atoms with Crippen LogP contribution in [-0.2, 0) is 0 Å². The average Bonchev–Trinajstić information content (AvgIpc) is 2.21. The van der Waals surface area contributed by atoms with Gasteiger partial charge >= 0.3 is 0 Å². The predicted molar refractivity (Wildman–Crippen MR) is 59.5 cm³/mol. The Balaban J connectivity index is 2.38. The van der Waals surface area contributed by atoms with Crippen LogP contribution in [0, 0.1) is 13.8 Å². The third-order valence-corrected chi connectivity index (χ3v) is 2.88. The lowest BCUT2D eigenvalue weighted by atomic mass is 10.0. The van der Waals surface area contributed by atoms with Gasteiger partial charge in [-0.15, -0.1) is 0 Å². The highest BCUT2D eigenvalue weighted by Crippen LogP contribution is 2.36. The number of nitrogens with two attached hydrogens (primary N) is 1. The zero-order chi connectivity index (χ0) is 11.1. The molecule has 2 rings (SSSR count). The summed E-state index contributed by atoms with van der Waals surface area (Å²) < 4.78 is 11.5. The average molecular weight is 207 g/mol. The van der Waals surface area contributed by atoms with Gasteiger partial charge in [0.25, 0.3) is 0 Å². The van der Waals surface area contributed by atoms with Crippen molar-refractivity contribution in [3.8, 4) is 11.5 Å². The van der Waals surface area contributed by atoms with Gasteiger partial charge in [-0.25, -0.2) is 0 Å². The van der Waals surface area contributed by atoms with Crippen LogP contribution in [0.1, 0.15) is 18.1 Å². The number of hydrogen-bond acceptors (Lipinski definition) is 3. The SMILES string of the molecule is Cc1cc2c(cc1C)OC(C)(CN)CO2. The molecule has 1 aliphatic rings. The van der Waals surface area contributed by atoms with Gasteiger partial charge < -0.3 is 15.2 Å². The van der Waals surface area contributed by atoms with Gasteiger partial charge in [-0.05, 0) is 44.0 Å². The summed E-state index contributed by atoms with van der Waals surface area (Å²) in [4.78, 5) is 0. The number of ether oxygens (including phenoxy) is 2. The van der Waals surface area contributed by atoms with Gasteiger partial charge in [0.05, 0.1) is 0 Å². The summed E-state index contributed by atoms with van der Waals surface area (Å²) in [5, 5.41) is 0. The highest BCUT2D eigenvalue weighted by molar-refractivity contribution is 5.47. The Morgan fingerprint density at radius 3 is 2.47 bits per heavy atom. The first kappa shape index (κ1) is 10.3. The second-order valence-corrected chi connectivity index (χ2v) is 4.43. The van der Waals surface area contributed by atoms with Crippen LogP contribution in [0.2, 0.25) is 0 Å². The van der Waals surface area contributed by atoms with E-state index in [-0.39, 0.29) is 0 Å². The molecular formula is C12H17NO2. The van der Waals surface area contributed by atoms with Gasteiger partial charge in [0, 0.05) is 6.54 Å². The van der Waals surface area contributed by atoms with Crippen molar-refractivity contribution in [3.05, 3.63) is 23.3 Å². The van der Waals surface area contributed by atoms with Crippen LogP contribution < -0.4 is 15.2 Å². The molecule has 1 aromatic carbocycles. The number of rotatable bonds is 1. The quantitative estimate of drug-likeness (QED) is 0.763. The molecule has 0 aliphatic carbocycles. The molecule has 0 bridgehead atoms. The molecule has 3 heteroatoms. The van der Waals surface area contributed by atoms with E-state index in [0.29, 0.717) is 13.2 Å². The number of benzene rings is 1. The Hall–Kier alpha value is -1.22. The monoisotopic (exact) mass is 207 g/mol. The molecule has 0 amide bonds. The Morgan fingerprint density at radius 1 is 1.27 bits per heavy atom. The van der Waals surface area contributed by atoms with Crippen LogP contribution in [0.4, 0.5) is 0 Å². The second kappa shape index (κ2) is 3.42. The van der Waals surface area contributed by atoms with Gasteiger partial charge in [0.15, 0.2) is 17.1 Å². The van der Waals surface area contributed by atoms with Crippen molar-refractivity contribution in [2.24, 2.45) is 5.73 Å². The molecule has 0 spiro atoms. The molecule has 1 heterocycles. The minimum Gasteiger partial charge on any atom is -0.485 e. The standard InChI is InChI=1S/C12H17NO2/c1-8-4-10-11(5-9(8)2)15-12(3,6-13)7-14-10/h4-5H,6-7,13H2,1-3H3. The van der Waals surface area contributed by atoms with Crippen LogP contribution in [0.25, 0.3) is 0 Å². The first-order chi connectivity index (χ1) is 7.04. The molecule has 1 unspecified atom stereocenters. The Morgan fingerprint density at radius 2 is 1.87 bits per heavy atom.